The molecule has 28 heavy (non-hydrogen) atoms. The average molecular weight is 390 g/mol. The molecule has 1 fully saturated rings. The summed E-state index contributed by atoms with van der Waals surface area (Å²) >= 11 is 0. The molecule has 0 amide bonds. The van der Waals surface area contributed by atoms with Gasteiger partial charge in [-0.25, -0.2) is 14.4 Å². The number of ether oxygens (including phenoxy) is 3. The van der Waals surface area contributed by atoms with Gasteiger partial charge in [0, 0.05) is 11.1 Å². The predicted octanol–water partition coefficient (Wildman–Crippen LogP) is 2.16. The highest BCUT2D eigenvalue weighted by atomic mass is 16.6. The Bertz CT molecular complexity index is 772. The fourth-order valence-electron chi connectivity index (χ4n) is 3.24. The molecule has 1 heterocycles. The van der Waals surface area contributed by atoms with Gasteiger partial charge in [-0.15, -0.1) is 0 Å². The van der Waals surface area contributed by atoms with Gasteiger partial charge in [0.2, 0.25) is 0 Å². The van der Waals surface area contributed by atoms with E-state index in [4.69, 9.17) is 14.2 Å². The first kappa shape index (κ1) is 21.6. The molecule has 1 saturated heterocycles. The van der Waals surface area contributed by atoms with E-state index >= 15 is 0 Å². The number of carbonyl (C=O) groups excluding carboxylic acids is 3. The van der Waals surface area contributed by atoms with E-state index in [0.717, 1.165) is 5.57 Å². The van der Waals surface area contributed by atoms with Gasteiger partial charge >= 0.3 is 17.9 Å². The molecule has 0 aromatic carbocycles. The molecule has 0 radical (unpaired) electrons. The Balaban J connectivity index is 2.57. The van der Waals surface area contributed by atoms with Gasteiger partial charge in [-0.3, -0.25) is 0 Å². The van der Waals surface area contributed by atoms with E-state index in [1.807, 2.05) is 6.92 Å². The van der Waals surface area contributed by atoms with Crippen molar-refractivity contribution in [1.82, 2.24) is 0 Å². The van der Waals surface area contributed by atoms with Crippen LogP contribution in [0.2, 0.25) is 0 Å². The molecule has 0 saturated carbocycles. The molecular weight excluding hydrogens is 364 g/mol. The lowest BCUT2D eigenvalue weighted by Crippen LogP contribution is -2.44. The second-order valence-electron chi connectivity index (χ2n) is 6.91. The zero-order chi connectivity index (χ0) is 21.0. The van der Waals surface area contributed by atoms with Gasteiger partial charge in [-0.1, -0.05) is 24.3 Å². The fourth-order valence-corrected chi connectivity index (χ4v) is 3.24. The highest BCUT2D eigenvalue weighted by Gasteiger charge is 2.48. The Morgan fingerprint density at radius 1 is 1.39 bits per heavy atom. The zero-order valence-corrected chi connectivity index (χ0v) is 16.6. The zero-order valence-electron chi connectivity index (χ0n) is 16.6. The van der Waals surface area contributed by atoms with E-state index in [0.29, 0.717) is 18.4 Å². The van der Waals surface area contributed by atoms with Gasteiger partial charge in [0.15, 0.2) is 0 Å². The van der Waals surface area contributed by atoms with Crippen LogP contribution in [0, 0.1) is 5.92 Å². The summed E-state index contributed by atoms with van der Waals surface area (Å²) in [5, 5.41) is 11.0. The lowest BCUT2D eigenvalue weighted by atomic mass is 9.83. The van der Waals surface area contributed by atoms with Crippen molar-refractivity contribution in [2.45, 2.75) is 51.9 Å². The molecule has 0 spiro atoms. The molecule has 7 nitrogen and oxygen atoms in total. The van der Waals surface area contributed by atoms with Crippen LogP contribution < -0.4 is 0 Å². The molecule has 0 unspecified atom stereocenters. The second-order valence-corrected chi connectivity index (χ2v) is 6.91. The van der Waals surface area contributed by atoms with Gasteiger partial charge in [0.1, 0.15) is 18.3 Å². The van der Waals surface area contributed by atoms with Gasteiger partial charge < -0.3 is 19.3 Å². The number of methoxy groups -OCH3 is 1. The minimum atomic E-state index is -1.51. The number of fused-ring (bicyclic) bond motifs is 1. The first-order chi connectivity index (χ1) is 13.2. The quantitative estimate of drug-likeness (QED) is 0.341. The Kier molecular flexibility index (Phi) is 6.96. The van der Waals surface area contributed by atoms with Crippen molar-refractivity contribution < 1.29 is 33.7 Å². The minimum absolute atomic E-state index is 0.0287. The lowest BCUT2D eigenvalue weighted by Gasteiger charge is -2.31. The Labute approximate surface area is 164 Å². The largest absolute Gasteiger partial charge is 0.466 e. The molecule has 1 aliphatic carbocycles. The van der Waals surface area contributed by atoms with E-state index in [1.165, 1.54) is 7.11 Å². The molecule has 152 valence electrons. The maximum atomic E-state index is 12.4. The van der Waals surface area contributed by atoms with Crippen molar-refractivity contribution in [3.8, 4) is 0 Å². The molecule has 1 aliphatic heterocycles. The fraction of sp³-hybridized carbons (Fsp3) is 0.476. The summed E-state index contributed by atoms with van der Waals surface area (Å²) in [7, 11) is 1.20. The summed E-state index contributed by atoms with van der Waals surface area (Å²) in [6, 6.07) is 0. The number of hydrogen-bond donors (Lipinski definition) is 1. The monoisotopic (exact) mass is 390 g/mol. The molecule has 2 aliphatic rings. The van der Waals surface area contributed by atoms with Crippen LogP contribution in [0.5, 0.6) is 0 Å². The number of hydrogen-bond acceptors (Lipinski definition) is 7. The molecule has 2 rings (SSSR count). The maximum Gasteiger partial charge on any atom is 0.336 e. The Hall–Kier alpha value is -2.67. The van der Waals surface area contributed by atoms with Crippen molar-refractivity contribution in [3.63, 3.8) is 0 Å². The van der Waals surface area contributed by atoms with Crippen LogP contribution in [0.3, 0.4) is 0 Å². The average Bonchev–Trinajstić information content (AvgIpc) is 2.94. The van der Waals surface area contributed by atoms with Crippen LogP contribution in [-0.2, 0) is 28.6 Å². The first-order valence-corrected chi connectivity index (χ1v) is 9.08. The molecule has 0 aromatic heterocycles. The van der Waals surface area contributed by atoms with Crippen molar-refractivity contribution in [2.24, 2.45) is 5.92 Å². The Morgan fingerprint density at radius 2 is 2.07 bits per heavy atom. The molecular formula is C21H26O7. The Morgan fingerprint density at radius 3 is 2.68 bits per heavy atom. The summed E-state index contributed by atoms with van der Waals surface area (Å²) in [6.45, 7) is 8.88. The van der Waals surface area contributed by atoms with Crippen LogP contribution in [0.4, 0.5) is 0 Å². The smallest absolute Gasteiger partial charge is 0.336 e. The molecule has 0 bridgehead atoms. The molecule has 1 N–H and O–H groups in total. The number of carbonyl (C=O) groups is 3. The summed E-state index contributed by atoms with van der Waals surface area (Å²) in [4.78, 5) is 36.8. The van der Waals surface area contributed by atoms with E-state index in [-0.39, 0.29) is 11.1 Å². The highest BCUT2D eigenvalue weighted by molar-refractivity contribution is 5.93. The SMILES string of the molecule is C=C1C(=O)O[C@@H]2/C=C(\C)CC/C=C(/C(=O)OC)[C@H](O)[C@@H](OC(=O)/C(C)=C/C)[C@@H]12. The van der Waals surface area contributed by atoms with Gasteiger partial charge in [-0.05, 0) is 39.7 Å². The number of allylic oxidation sites excluding steroid dienone is 3. The second kappa shape index (κ2) is 9.01. The van der Waals surface area contributed by atoms with Crippen molar-refractivity contribution in [3.05, 3.63) is 47.1 Å². The third-order valence-corrected chi connectivity index (χ3v) is 5.02. The standard InChI is InChI=1S/C21H26O7/c1-6-12(3)19(23)28-18-16-13(4)20(24)27-15(16)10-11(2)8-7-9-14(17(18)22)21(25)26-5/h6,9-10,15-18,22H,4,7-8H2,1-3,5H3/b11-10+,12-6+,14-9+/t15-,16+,17+,18+/m1/s1. The van der Waals surface area contributed by atoms with Crippen LogP contribution in [0.25, 0.3) is 0 Å². The predicted molar refractivity (Wildman–Crippen MR) is 101 cm³/mol. The van der Waals surface area contributed by atoms with Gasteiger partial charge in [0.05, 0.1) is 18.6 Å². The van der Waals surface area contributed by atoms with E-state index in [2.05, 4.69) is 6.58 Å². The van der Waals surface area contributed by atoms with Crippen molar-refractivity contribution >= 4 is 17.9 Å². The molecule has 7 heteroatoms. The molecule has 0 aromatic rings. The van der Waals surface area contributed by atoms with Crippen molar-refractivity contribution in [2.75, 3.05) is 7.11 Å². The highest BCUT2D eigenvalue weighted by Crippen LogP contribution is 2.37. The first-order valence-electron chi connectivity index (χ1n) is 9.08. The topological polar surface area (TPSA) is 99.1 Å². The van der Waals surface area contributed by atoms with Gasteiger partial charge in [-0.2, -0.15) is 0 Å². The van der Waals surface area contributed by atoms with Crippen LogP contribution >= 0.6 is 0 Å². The lowest BCUT2D eigenvalue weighted by molar-refractivity contribution is -0.155. The summed E-state index contributed by atoms with van der Waals surface area (Å²) < 4.78 is 15.7. The number of rotatable bonds is 3. The van der Waals surface area contributed by atoms with Crippen LogP contribution in [0.1, 0.15) is 33.6 Å². The summed E-state index contributed by atoms with van der Waals surface area (Å²) in [6.07, 6.45) is 2.46. The third-order valence-electron chi connectivity index (χ3n) is 5.02. The van der Waals surface area contributed by atoms with Crippen molar-refractivity contribution in [1.29, 1.82) is 0 Å². The minimum Gasteiger partial charge on any atom is -0.466 e. The van der Waals surface area contributed by atoms with E-state index < -0.39 is 42.1 Å². The number of esters is 3. The number of aliphatic hydroxyl groups is 1. The van der Waals surface area contributed by atoms with Crippen LogP contribution in [-0.4, -0.2) is 48.4 Å². The maximum absolute atomic E-state index is 12.4. The number of aliphatic hydroxyl groups excluding tert-OH is 1. The van der Waals surface area contributed by atoms with Crippen LogP contribution in [0.15, 0.2) is 47.1 Å². The van der Waals surface area contributed by atoms with Gasteiger partial charge in [0.25, 0.3) is 0 Å². The third kappa shape index (κ3) is 4.42. The molecule has 4 atom stereocenters. The van der Waals surface area contributed by atoms with E-state index in [1.54, 1.807) is 32.1 Å². The normalized spacial score (nSPS) is 32.2. The van der Waals surface area contributed by atoms with E-state index in [9.17, 15) is 19.5 Å². The summed E-state index contributed by atoms with van der Waals surface area (Å²) in [5.41, 5.74) is 1.31. The summed E-state index contributed by atoms with van der Waals surface area (Å²) in [5.74, 6) is -2.86.